The Bertz CT molecular complexity index is 903. The number of hydrogen-bond acceptors (Lipinski definition) is 7. The Labute approximate surface area is 171 Å². The van der Waals surface area contributed by atoms with Gasteiger partial charge in [0, 0.05) is 24.4 Å². The lowest BCUT2D eigenvalue weighted by atomic mass is 9.81. The van der Waals surface area contributed by atoms with Gasteiger partial charge in [-0.2, -0.15) is 0 Å². The molecular formula is C20H21N3O7. The maximum Gasteiger partial charge on any atom is 0.308 e. The van der Waals surface area contributed by atoms with Crippen LogP contribution in [0.25, 0.3) is 0 Å². The summed E-state index contributed by atoms with van der Waals surface area (Å²) in [7, 11) is 0. The Kier molecular flexibility index (Phi) is 5.23. The van der Waals surface area contributed by atoms with E-state index in [-0.39, 0.29) is 59.8 Å². The van der Waals surface area contributed by atoms with Crippen molar-refractivity contribution >= 4 is 35.1 Å². The maximum atomic E-state index is 12.6. The number of carbonyl (C=O) groups excluding carboxylic acids is 4. The zero-order chi connectivity index (χ0) is 21.4. The van der Waals surface area contributed by atoms with Crippen LogP contribution in [0, 0.1) is 33.8 Å². The minimum absolute atomic E-state index is 0.0462. The molecule has 1 aromatic carbocycles. The van der Waals surface area contributed by atoms with Crippen LogP contribution in [-0.4, -0.2) is 46.7 Å². The molecule has 158 valence electrons. The number of fused-ring (bicyclic) bond motifs is 5. The Morgan fingerprint density at radius 3 is 2.47 bits per heavy atom. The number of benzene rings is 1. The number of imide groups is 1. The highest BCUT2D eigenvalue weighted by Crippen LogP contribution is 2.56. The molecule has 0 spiro atoms. The van der Waals surface area contributed by atoms with E-state index in [4.69, 9.17) is 4.74 Å². The van der Waals surface area contributed by atoms with E-state index < -0.39 is 23.4 Å². The second-order valence-corrected chi connectivity index (χ2v) is 7.98. The molecule has 1 aliphatic heterocycles. The summed E-state index contributed by atoms with van der Waals surface area (Å²) < 4.78 is 4.90. The average molecular weight is 415 g/mol. The third-order valence-corrected chi connectivity index (χ3v) is 6.26. The van der Waals surface area contributed by atoms with Crippen LogP contribution in [-0.2, 0) is 23.9 Å². The third kappa shape index (κ3) is 3.64. The van der Waals surface area contributed by atoms with E-state index in [1.807, 2.05) is 0 Å². The summed E-state index contributed by atoms with van der Waals surface area (Å²) in [5, 5.41) is 13.2. The van der Waals surface area contributed by atoms with Crippen LogP contribution in [0.2, 0.25) is 0 Å². The van der Waals surface area contributed by atoms with Crippen molar-refractivity contribution in [2.24, 2.45) is 23.7 Å². The van der Waals surface area contributed by atoms with Gasteiger partial charge >= 0.3 is 5.97 Å². The van der Waals surface area contributed by atoms with Gasteiger partial charge in [-0.05, 0) is 37.2 Å². The number of hydrogen-bond donors (Lipinski definition) is 1. The number of nitro benzene ring substituents is 1. The van der Waals surface area contributed by atoms with Gasteiger partial charge in [-0.1, -0.05) is 6.07 Å². The van der Waals surface area contributed by atoms with Crippen LogP contribution in [0.3, 0.4) is 0 Å². The van der Waals surface area contributed by atoms with Gasteiger partial charge < -0.3 is 10.1 Å². The van der Waals surface area contributed by atoms with Gasteiger partial charge in [0.1, 0.15) is 0 Å². The lowest BCUT2D eigenvalue weighted by molar-refractivity contribution is -0.384. The fourth-order valence-electron chi connectivity index (χ4n) is 5.01. The van der Waals surface area contributed by atoms with E-state index in [2.05, 4.69) is 5.32 Å². The largest absolute Gasteiger partial charge is 0.456 e. The molecule has 4 rings (SSSR count). The van der Waals surface area contributed by atoms with E-state index in [1.54, 1.807) is 0 Å². The number of likely N-dealkylation sites (tertiary alicyclic amines) is 1. The summed E-state index contributed by atoms with van der Waals surface area (Å²) in [5.74, 6) is -1.62. The second kappa shape index (κ2) is 7.85. The monoisotopic (exact) mass is 415 g/mol. The summed E-state index contributed by atoms with van der Waals surface area (Å²) >= 11 is 0. The highest BCUT2D eigenvalue weighted by atomic mass is 16.6. The number of nitro groups is 1. The lowest BCUT2D eigenvalue weighted by Gasteiger charge is -2.19. The van der Waals surface area contributed by atoms with Crippen molar-refractivity contribution in [2.45, 2.75) is 25.7 Å². The van der Waals surface area contributed by atoms with Crippen molar-refractivity contribution in [3.8, 4) is 0 Å². The van der Waals surface area contributed by atoms with Crippen molar-refractivity contribution in [1.82, 2.24) is 4.90 Å². The molecule has 4 atom stereocenters. The zero-order valence-electron chi connectivity index (χ0n) is 16.1. The molecule has 1 aromatic rings. The van der Waals surface area contributed by atoms with Crippen LogP contribution in [0.5, 0.6) is 0 Å². The van der Waals surface area contributed by atoms with Crippen molar-refractivity contribution in [2.75, 3.05) is 18.5 Å². The first-order chi connectivity index (χ1) is 14.3. The predicted molar refractivity (Wildman–Crippen MR) is 102 cm³/mol. The van der Waals surface area contributed by atoms with Gasteiger partial charge in [-0.3, -0.25) is 34.2 Å². The minimum atomic E-state index is -0.704. The molecule has 2 saturated carbocycles. The van der Waals surface area contributed by atoms with Crippen molar-refractivity contribution in [3.63, 3.8) is 0 Å². The molecule has 30 heavy (non-hydrogen) atoms. The number of non-ortho nitro benzene ring substituents is 1. The smallest absolute Gasteiger partial charge is 0.308 e. The summed E-state index contributed by atoms with van der Waals surface area (Å²) in [5.41, 5.74) is 0.0302. The standard InChI is InChI=1S/C20H21N3O7/c24-15(21-13-2-1-3-14(9-13)23(28)29)10-30-16(25)6-7-22-19(26)17-11-4-5-12(8-11)18(17)20(22)27/h1-3,9,11-12,17-18H,4-8,10H2,(H,21,24)/t11-,12-,17-,18+/m0/s1. The zero-order valence-corrected chi connectivity index (χ0v) is 16.1. The Morgan fingerprint density at radius 1 is 1.17 bits per heavy atom. The van der Waals surface area contributed by atoms with Crippen LogP contribution in [0.1, 0.15) is 25.7 Å². The molecule has 0 unspecified atom stereocenters. The van der Waals surface area contributed by atoms with Gasteiger partial charge in [-0.15, -0.1) is 0 Å². The molecule has 2 bridgehead atoms. The maximum absolute atomic E-state index is 12.6. The topological polar surface area (TPSA) is 136 Å². The first kappa shape index (κ1) is 20.0. The lowest BCUT2D eigenvalue weighted by Crippen LogP contribution is -2.35. The summed E-state index contributed by atoms with van der Waals surface area (Å²) in [6, 6.07) is 5.37. The average Bonchev–Trinajstić information content (AvgIpc) is 3.39. The quantitative estimate of drug-likeness (QED) is 0.308. The fraction of sp³-hybridized carbons (Fsp3) is 0.500. The van der Waals surface area contributed by atoms with Gasteiger partial charge in [-0.25, -0.2) is 0 Å². The number of nitrogens with zero attached hydrogens (tertiary/aromatic N) is 2. The number of carbonyl (C=O) groups is 4. The van der Waals surface area contributed by atoms with Crippen LogP contribution in [0.4, 0.5) is 11.4 Å². The number of nitrogens with one attached hydrogen (secondary N) is 1. The number of amides is 3. The Morgan fingerprint density at radius 2 is 1.83 bits per heavy atom. The molecule has 3 fully saturated rings. The van der Waals surface area contributed by atoms with Crippen molar-refractivity contribution < 1.29 is 28.8 Å². The minimum Gasteiger partial charge on any atom is -0.456 e. The molecule has 2 aliphatic carbocycles. The number of anilines is 1. The van der Waals surface area contributed by atoms with E-state index in [0.717, 1.165) is 19.3 Å². The molecule has 3 amide bonds. The molecule has 10 nitrogen and oxygen atoms in total. The molecular weight excluding hydrogens is 394 g/mol. The molecule has 0 radical (unpaired) electrons. The molecule has 3 aliphatic rings. The van der Waals surface area contributed by atoms with Crippen LogP contribution in [0.15, 0.2) is 24.3 Å². The van der Waals surface area contributed by atoms with Gasteiger partial charge in [0.15, 0.2) is 6.61 Å². The Balaban J connectivity index is 1.23. The van der Waals surface area contributed by atoms with E-state index in [0.29, 0.717) is 0 Å². The molecule has 1 N–H and O–H groups in total. The third-order valence-electron chi connectivity index (χ3n) is 6.26. The van der Waals surface area contributed by atoms with Gasteiger partial charge in [0.25, 0.3) is 11.6 Å². The van der Waals surface area contributed by atoms with Crippen molar-refractivity contribution in [1.29, 1.82) is 0 Å². The summed E-state index contributed by atoms with van der Waals surface area (Å²) in [6.07, 6.45) is 2.74. The highest BCUT2D eigenvalue weighted by Gasteiger charge is 2.60. The first-order valence-corrected chi connectivity index (χ1v) is 9.90. The highest BCUT2D eigenvalue weighted by molar-refractivity contribution is 6.06. The normalized spacial score (nSPS) is 26.6. The SMILES string of the molecule is O=C(COC(=O)CCN1C(=O)[C@@H]2[C@H]3CC[C@@H](C3)[C@@H]2C1=O)Nc1cccc([N+](=O)[O-])c1. The van der Waals surface area contributed by atoms with Crippen molar-refractivity contribution in [3.05, 3.63) is 34.4 Å². The van der Waals surface area contributed by atoms with E-state index in [9.17, 15) is 29.3 Å². The van der Waals surface area contributed by atoms with Gasteiger partial charge in [0.05, 0.1) is 23.2 Å². The Hall–Kier alpha value is -3.30. The van der Waals surface area contributed by atoms with E-state index >= 15 is 0 Å². The fourth-order valence-corrected chi connectivity index (χ4v) is 5.01. The van der Waals surface area contributed by atoms with E-state index in [1.165, 1.54) is 29.2 Å². The first-order valence-electron chi connectivity index (χ1n) is 9.90. The summed E-state index contributed by atoms with van der Waals surface area (Å²) in [6.45, 7) is -0.617. The van der Waals surface area contributed by atoms with Crippen LogP contribution < -0.4 is 5.32 Å². The number of rotatable bonds is 7. The number of esters is 1. The second-order valence-electron chi connectivity index (χ2n) is 7.98. The predicted octanol–water partition coefficient (Wildman–Crippen LogP) is 1.50. The molecule has 1 heterocycles. The molecule has 1 saturated heterocycles. The van der Waals surface area contributed by atoms with Gasteiger partial charge in [0.2, 0.25) is 11.8 Å². The molecule has 10 heteroatoms. The molecule has 0 aromatic heterocycles. The number of ether oxygens (including phenoxy) is 1. The summed E-state index contributed by atoms with van der Waals surface area (Å²) in [4.78, 5) is 60.4. The van der Waals surface area contributed by atoms with Crippen LogP contribution >= 0.6 is 0 Å².